The van der Waals surface area contributed by atoms with Crippen molar-refractivity contribution in [2.24, 2.45) is 10.1 Å². The third kappa shape index (κ3) is 4.58. The molecule has 0 saturated heterocycles. The molecule has 1 aliphatic carbocycles. The van der Waals surface area contributed by atoms with Gasteiger partial charge in [0.15, 0.2) is 6.61 Å². The van der Waals surface area contributed by atoms with Crippen LogP contribution in [0.15, 0.2) is 62.5 Å². The zero-order valence-corrected chi connectivity index (χ0v) is 21.4. The summed E-state index contributed by atoms with van der Waals surface area (Å²) in [5, 5.41) is 11.0. The molecular formula is C26H24BrN5O2S. The molecule has 2 N–H and O–H groups in total. The molecule has 1 fully saturated rings. The van der Waals surface area contributed by atoms with Crippen molar-refractivity contribution in [3.8, 4) is 17.0 Å². The van der Waals surface area contributed by atoms with Crippen LogP contribution < -0.4 is 14.9 Å². The molecular weight excluding hydrogens is 526 g/mol. The summed E-state index contributed by atoms with van der Waals surface area (Å²) >= 11 is 5.16. The lowest BCUT2D eigenvalue weighted by Crippen LogP contribution is -2.25. The summed E-state index contributed by atoms with van der Waals surface area (Å²) in [5.41, 5.74) is 4.59. The van der Waals surface area contributed by atoms with E-state index in [4.69, 9.17) is 14.8 Å². The van der Waals surface area contributed by atoms with Crippen LogP contribution in [0.3, 0.4) is 0 Å². The molecule has 1 amide bonds. The minimum Gasteiger partial charge on any atom is -0.482 e. The first-order chi connectivity index (χ1) is 17.1. The smallest absolute Gasteiger partial charge is 0.262 e. The summed E-state index contributed by atoms with van der Waals surface area (Å²) in [6.45, 7) is 0.0419. The maximum Gasteiger partial charge on any atom is 0.262 e. The van der Waals surface area contributed by atoms with Gasteiger partial charge in [-0.3, -0.25) is 9.79 Å². The average molecular weight is 550 g/mol. The Kier molecular flexibility index (Phi) is 6.03. The molecule has 0 spiro atoms. The van der Waals surface area contributed by atoms with Gasteiger partial charge in [0, 0.05) is 38.1 Å². The Labute approximate surface area is 214 Å². The third-order valence-electron chi connectivity index (χ3n) is 6.45. The van der Waals surface area contributed by atoms with Crippen LogP contribution in [0.25, 0.3) is 22.2 Å². The van der Waals surface area contributed by atoms with E-state index < -0.39 is 0 Å². The minimum atomic E-state index is -0.149. The predicted octanol–water partition coefficient (Wildman–Crippen LogP) is 5.91. The van der Waals surface area contributed by atoms with Crippen molar-refractivity contribution in [1.82, 2.24) is 9.66 Å². The lowest BCUT2D eigenvalue weighted by Gasteiger charge is -2.18. The number of carbonyl (C=O) groups is 1. The second-order valence-corrected chi connectivity index (χ2v) is 10.6. The quantitative estimate of drug-likeness (QED) is 0.310. The van der Waals surface area contributed by atoms with Crippen LogP contribution in [0.1, 0.15) is 37.7 Å². The number of nitrogens with zero attached hydrogens (tertiary/aromatic N) is 3. The molecule has 9 heteroatoms. The molecule has 35 heavy (non-hydrogen) atoms. The molecule has 2 aromatic heterocycles. The van der Waals surface area contributed by atoms with Gasteiger partial charge in [-0.05, 0) is 49.2 Å². The molecule has 0 bridgehead atoms. The van der Waals surface area contributed by atoms with Crippen molar-refractivity contribution in [1.29, 1.82) is 0 Å². The Balaban J connectivity index is 1.44. The normalized spacial score (nSPS) is 17.1. The topological polar surface area (TPSA) is 83.8 Å². The highest BCUT2D eigenvalue weighted by atomic mass is 79.9. The van der Waals surface area contributed by atoms with Crippen LogP contribution in [0.2, 0.25) is 0 Å². The molecule has 2 aliphatic rings. The van der Waals surface area contributed by atoms with Gasteiger partial charge in [0.2, 0.25) is 4.80 Å². The second-order valence-electron chi connectivity index (χ2n) is 8.86. The zero-order chi connectivity index (χ0) is 23.8. The third-order valence-corrected chi connectivity index (χ3v) is 7.77. The number of aromatic nitrogens is 2. The van der Waals surface area contributed by atoms with Gasteiger partial charge in [-0.25, -0.2) is 4.68 Å². The van der Waals surface area contributed by atoms with Crippen LogP contribution in [-0.2, 0) is 4.79 Å². The fourth-order valence-electron chi connectivity index (χ4n) is 4.65. The van der Waals surface area contributed by atoms with Crippen LogP contribution in [0.5, 0.6) is 5.75 Å². The monoisotopic (exact) mass is 549 g/mol. The number of halogens is 1. The lowest BCUT2D eigenvalue weighted by atomic mass is 9.96. The Hall–Kier alpha value is -3.17. The molecule has 178 valence electrons. The van der Waals surface area contributed by atoms with E-state index in [1.165, 1.54) is 19.3 Å². The number of H-pyrrole nitrogens is 1. The summed E-state index contributed by atoms with van der Waals surface area (Å²) in [6.07, 6.45) is 9.83. The van der Waals surface area contributed by atoms with Crippen molar-refractivity contribution >= 4 is 56.0 Å². The van der Waals surface area contributed by atoms with Crippen LogP contribution >= 0.6 is 27.3 Å². The van der Waals surface area contributed by atoms with Crippen LogP contribution in [-0.4, -0.2) is 34.4 Å². The van der Waals surface area contributed by atoms with Gasteiger partial charge < -0.3 is 15.0 Å². The van der Waals surface area contributed by atoms with E-state index >= 15 is 0 Å². The first-order valence-corrected chi connectivity index (χ1v) is 13.4. The number of anilines is 1. The molecule has 2 aromatic carbocycles. The summed E-state index contributed by atoms with van der Waals surface area (Å²) in [7, 11) is 0. The minimum absolute atomic E-state index is 0.0419. The fourth-order valence-corrected chi connectivity index (χ4v) is 5.92. The summed E-state index contributed by atoms with van der Waals surface area (Å²) in [5.74, 6) is 0.527. The van der Waals surface area contributed by atoms with Gasteiger partial charge in [0.25, 0.3) is 5.91 Å². The number of aromatic amines is 1. The van der Waals surface area contributed by atoms with E-state index in [0.29, 0.717) is 17.5 Å². The van der Waals surface area contributed by atoms with Crippen LogP contribution in [0.4, 0.5) is 5.69 Å². The average Bonchev–Trinajstić information content (AvgIpc) is 3.46. The number of carbonyl (C=O) groups excluding carboxylic acids is 1. The van der Waals surface area contributed by atoms with E-state index in [-0.39, 0.29) is 12.5 Å². The Morgan fingerprint density at radius 3 is 2.91 bits per heavy atom. The molecule has 7 nitrogen and oxygen atoms in total. The highest BCUT2D eigenvalue weighted by molar-refractivity contribution is 9.10. The first-order valence-electron chi connectivity index (χ1n) is 11.8. The summed E-state index contributed by atoms with van der Waals surface area (Å²) in [4.78, 5) is 21.1. The van der Waals surface area contributed by atoms with Crippen molar-refractivity contribution in [3.63, 3.8) is 0 Å². The number of hydrogen-bond acceptors (Lipinski definition) is 5. The largest absolute Gasteiger partial charge is 0.482 e. The van der Waals surface area contributed by atoms with E-state index in [1.54, 1.807) is 11.3 Å². The maximum absolute atomic E-state index is 11.8. The maximum atomic E-state index is 11.8. The number of ether oxygens (including phenoxy) is 1. The van der Waals surface area contributed by atoms with Gasteiger partial charge in [0.1, 0.15) is 5.75 Å². The number of hydrogen-bond donors (Lipinski definition) is 2. The number of benzene rings is 2. The highest BCUT2D eigenvalue weighted by Gasteiger charge is 2.19. The van der Waals surface area contributed by atoms with E-state index in [0.717, 1.165) is 49.8 Å². The number of nitrogens with one attached hydrogen (secondary N) is 2. The molecule has 4 aromatic rings. The van der Waals surface area contributed by atoms with Crippen molar-refractivity contribution in [2.75, 3.05) is 11.9 Å². The van der Waals surface area contributed by atoms with Crippen molar-refractivity contribution in [3.05, 3.63) is 62.8 Å². The zero-order valence-electron chi connectivity index (χ0n) is 19.0. The number of amides is 1. The van der Waals surface area contributed by atoms with Gasteiger partial charge in [-0.1, -0.05) is 35.2 Å². The highest BCUT2D eigenvalue weighted by Crippen LogP contribution is 2.33. The van der Waals surface area contributed by atoms with Gasteiger partial charge in [-0.15, -0.1) is 11.3 Å². The molecule has 0 radical (unpaired) electrons. The summed E-state index contributed by atoms with van der Waals surface area (Å²) < 4.78 is 8.48. The van der Waals surface area contributed by atoms with E-state index in [9.17, 15) is 4.79 Å². The van der Waals surface area contributed by atoms with E-state index in [2.05, 4.69) is 37.7 Å². The predicted molar refractivity (Wildman–Crippen MR) is 143 cm³/mol. The van der Waals surface area contributed by atoms with Gasteiger partial charge >= 0.3 is 0 Å². The molecule has 1 saturated carbocycles. The molecule has 3 heterocycles. The standard InChI is InChI=1S/C26H24BrN5O2S/c27-18-7-8-21-20(11-18)17(12-28-21)13-29-32-23(15-35-26(32)30-19-4-2-1-3-5-19)16-6-9-24-22(10-16)31-25(33)14-34-24/h6-13,15,19,28H,1-5,14H2,(H,31,33). The lowest BCUT2D eigenvalue weighted by molar-refractivity contribution is -0.118. The molecule has 0 unspecified atom stereocenters. The molecule has 1 aliphatic heterocycles. The number of fused-ring (bicyclic) bond motifs is 2. The van der Waals surface area contributed by atoms with Gasteiger partial charge in [0.05, 0.1) is 23.6 Å². The number of rotatable bonds is 4. The van der Waals surface area contributed by atoms with E-state index in [1.807, 2.05) is 47.4 Å². The van der Waals surface area contributed by atoms with Crippen LogP contribution in [0, 0.1) is 0 Å². The molecule has 0 atom stereocenters. The Bertz CT molecular complexity index is 1510. The van der Waals surface area contributed by atoms with Crippen molar-refractivity contribution < 1.29 is 9.53 Å². The Morgan fingerprint density at radius 2 is 2.03 bits per heavy atom. The summed E-state index contributed by atoms with van der Waals surface area (Å²) in [6, 6.07) is 12.3. The Morgan fingerprint density at radius 1 is 1.14 bits per heavy atom. The van der Waals surface area contributed by atoms with Crippen molar-refractivity contribution in [2.45, 2.75) is 38.1 Å². The molecule has 6 rings (SSSR count). The second kappa shape index (κ2) is 9.47. The van der Waals surface area contributed by atoms with Gasteiger partial charge in [-0.2, -0.15) is 5.10 Å². The number of thiazole rings is 1. The fraction of sp³-hybridized carbons (Fsp3) is 0.269. The first kappa shape index (κ1) is 22.3. The SMILES string of the molecule is O=C1COc2ccc(-c3csc(=NC4CCCCC4)n3N=Cc3c[nH]c4ccc(Br)cc34)cc2N1.